The maximum Gasteiger partial charge on any atom is 0.287 e. The fourth-order valence-electron chi connectivity index (χ4n) is 2.88. The number of benzene rings is 1. The van der Waals surface area contributed by atoms with Crippen LogP contribution in [0.5, 0.6) is 11.5 Å². The van der Waals surface area contributed by atoms with E-state index < -0.39 is 11.9 Å². The Kier molecular flexibility index (Phi) is 7.49. The van der Waals surface area contributed by atoms with Crippen LogP contribution in [-0.4, -0.2) is 43.5 Å². The van der Waals surface area contributed by atoms with Crippen molar-refractivity contribution in [1.82, 2.24) is 10.2 Å². The van der Waals surface area contributed by atoms with Crippen molar-refractivity contribution in [1.29, 1.82) is 0 Å². The number of hydrogen-bond donors (Lipinski definition) is 1. The van der Waals surface area contributed by atoms with E-state index in [1.165, 1.54) is 6.26 Å². The van der Waals surface area contributed by atoms with E-state index in [-0.39, 0.29) is 17.6 Å². The van der Waals surface area contributed by atoms with Crippen molar-refractivity contribution in [2.75, 3.05) is 20.8 Å². The lowest BCUT2D eigenvalue weighted by Gasteiger charge is -2.29. The predicted octanol–water partition coefficient (Wildman–Crippen LogP) is 3.10. The van der Waals surface area contributed by atoms with E-state index >= 15 is 0 Å². The van der Waals surface area contributed by atoms with Gasteiger partial charge in [-0.1, -0.05) is 19.9 Å². The molecule has 7 heteroatoms. The van der Waals surface area contributed by atoms with E-state index in [1.807, 2.05) is 39.0 Å². The van der Waals surface area contributed by atoms with E-state index in [0.29, 0.717) is 24.6 Å². The molecule has 0 saturated heterocycles. The van der Waals surface area contributed by atoms with E-state index in [1.54, 1.807) is 31.3 Å². The number of rotatable bonds is 9. The molecule has 1 N–H and O–H groups in total. The number of carbonyl (C=O) groups excluding carboxylic acids is 2. The zero-order valence-corrected chi connectivity index (χ0v) is 17.0. The van der Waals surface area contributed by atoms with Gasteiger partial charge in [0, 0.05) is 13.1 Å². The summed E-state index contributed by atoms with van der Waals surface area (Å²) in [4.78, 5) is 27.2. The van der Waals surface area contributed by atoms with Crippen LogP contribution in [0.2, 0.25) is 0 Å². The van der Waals surface area contributed by atoms with Gasteiger partial charge in [-0.2, -0.15) is 0 Å². The quantitative estimate of drug-likeness (QED) is 0.714. The lowest BCUT2D eigenvalue weighted by molar-refractivity contribution is -0.134. The first-order chi connectivity index (χ1) is 13.4. The molecule has 1 aromatic heterocycles. The summed E-state index contributed by atoms with van der Waals surface area (Å²) in [6.07, 6.45) is 1.43. The zero-order chi connectivity index (χ0) is 20.7. The number of methoxy groups -OCH3 is 2. The number of ether oxygens (including phenoxy) is 2. The highest BCUT2D eigenvalue weighted by molar-refractivity contribution is 5.95. The Labute approximate surface area is 165 Å². The summed E-state index contributed by atoms with van der Waals surface area (Å²) in [6, 6.07) is 8.10. The SMILES string of the molecule is CCN(Cc1ccc(OC)c(OC)c1)C(=O)C(NC(=O)c1ccco1)C(C)C. The summed E-state index contributed by atoms with van der Waals surface area (Å²) in [5.74, 6) is 0.792. The highest BCUT2D eigenvalue weighted by Gasteiger charge is 2.29. The fraction of sp³-hybridized carbons (Fsp3) is 0.429. The Bertz CT molecular complexity index is 786. The summed E-state index contributed by atoms with van der Waals surface area (Å²) in [5.41, 5.74) is 0.910. The molecule has 0 radical (unpaired) electrons. The van der Waals surface area contributed by atoms with Gasteiger partial charge >= 0.3 is 0 Å². The number of nitrogens with zero attached hydrogens (tertiary/aromatic N) is 1. The molecule has 2 amide bonds. The molecule has 0 aliphatic heterocycles. The lowest BCUT2D eigenvalue weighted by Crippen LogP contribution is -2.51. The maximum absolute atomic E-state index is 13.1. The molecule has 28 heavy (non-hydrogen) atoms. The Hall–Kier alpha value is -2.96. The Balaban J connectivity index is 2.16. The van der Waals surface area contributed by atoms with Gasteiger partial charge < -0.3 is 24.1 Å². The fourth-order valence-corrected chi connectivity index (χ4v) is 2.88. The summed E-state index contributed by atoms with van der Waals surface area (Å²) >= 11 is 0. The number of likely N-dealkylation sites (N-methyl/N-ethyl adjacent to an activating group) is 1. The van der Waals surface area contributed by atoms with Gasteiger partial charge in [-0.25, -0.2) is 0 Å². The second kappa shape index (κ2) is 9.82. The molecule has 2 aromatic rings. The van der Waals surface area contributed by atoms with Crippen molar-refractivity contribution < 1.29 is 23.5 Å². The van der Waals surface area contributed by atoms with Gasteiger partial charge in [-0.05, 0) is 42.7 Å². The molecule has 0 saturated carbocycles. The number of nitrogens with one attached hydrogen (secondary N) is 1. The van der Waals surface area contributed by atoms with Crippen molar-refractivity contribution >= 4 is 11.8 Å². The average molecular weight is 388 g/mol. The Morgan fingerprint density at radius 1 is 1.14 bits per heavy atom. The van der Waals surface area contributed by atoms with Gasteiger partial charge in [-0.3, -0.25) is 9.59 Å². The van der Waals surface area contributed by atoms with Crippen LogP contribution in [0, 0.1) is 5.92 Å². The van der Waals surface area contributed by atoms with Crippen molar-refractivity contribution in [2.24, 2.45) is 5.92 Å². The maximum atomic E-state index is 13.1. The molecule has 152 valence electrons. The van der Waals surface area contributed by atoms with Crippen LogP contribution in [-0.2, 0) is 11.3 Å². The molecule has 1 aromatic carbocycles. The number of furan rings is 1. The van der Waals surface area contributed by atoms with Crippen molar-refractivity contribution in [2.45, 2.75) is 33.4 Å². The molecule has 0 spiro atoms. The third kappa shape index (κ3) is 5.06. The van der Waals surface area contributed by atoms with Gasteiger partial charge in [0.25, 0.3) is 5.91 Å². The van der Waals surface area contributed by atoms with Gasteiger partial charge in [-0.15, -0.1) is 0 Å². The Morgan fingerprint density at radius 3 is 2.39 bits per heavy atom. The molecular weight excluding hydrogens is 360 g/mol. The second-order valence-electron chi connectivity index (χ2n) is 6.71. The largest absolute Gasteiger partial charge is 0.493 e. The third-order valence-corrected chi connectivity index (χ3v) is 4.48. The molecule has 0 fully saturated rings. The van der Waals surface area contributed by atoms with Gasteiger partial charge in [0.2, 0.25) is 5.91 Å². The van der Waals surface area contributed by atoms with Crippen LogP contribution in [0.1, 0.15) is 36.9 Å². The number of amides is 2. The third-order valence-electron chi connectivity index (χ3n) is 4.48. The minimum atomic E-state index is -0.655. The van der Waals surface area contributed by atoms with Crippen molar-refractivity contribution in [3.63, 3.8) is 0 Å². The van der Waals surface area contributed by atoms with Gasteiger partial charge in [0.15, 0.2) is 17.3 Å². The van der Waals surface area contributed by atoms with Gasteiger partial charge in [0.05, 0.1) is 20.5 Å². The molecule has 7 nitrogen and oxygen atoms in total. The van der Waals surface area contributed by atoms with Crippen LogP contribution >= 0.6 is 0 Å². The molecule has 2 rings (SSSR count). The van der Waals surface area contributed by atoms with Crippen LogP contribution in [0.15, 0.2) is 41.0 Å². The summed E-state index contributed by atoms with van der Waals surface area (Å²) in [5, 5.41) is 2.79. The summed E-state index contributed by atoms with van der Waals surface area (Å²) in [6.45, 7) is 6.61. The standard InChI is InChI=1S/C21H28N2O5/c1-6-23(13-15-9-10-16(26-4)18(12-15)27-5)21(25)19(14(2)3)22-20(24)17-8-7-11-28-17/h7-12,14,19H,6,13H2,1-5H3,(H,22,24). The normalized spacial score (nSPS) is 11.8. The first kappa shape index (κ1) is 21.3. The topological polar surface area (TPSA) is 81.0 Å². The predicted molar refractivity (Wildman–Crippen MR) is 105 cm³/mol. The second-order valence-corrected chi connectivity index (χ2v) is 6.71. The number of carbonyl (C=O) groups is 2. The molecule has 0 bridgehead atoms. The van der Waals surface area contributed by atoms with Gasteiger partial charge in [0.1, 0.15) is 6.04 Å². The van der Waals surface area contributed by atoms with E-state index in [0.717, 1.165) is 5.56 Å². The molecule has 0 aliphatic rings. The van der Waals surface area contributed by atoms with E-state index in [4.69, 9.17) is 13.9 Å². The molecular formula is C21H28N2O5. The Morgan fingerprint density at radius 2 is 1.86 bits per heavy atom. The van der Waals surface area contributed by atoms with Crippen molar-refractivity contribution in [3.8, 4) is 11.5 Å². The molecule has 1 heterocycles. The summed E-state index contributed by atoms with van der Waals surface area (Å²) < 4.78 is 15.7. The van der Waals surface area contributed by atoms with Crippen LogP contribution in [0.25, 0.3) is 0 Å². The van der Waals surface area contributed by atoms with Crippen molar-refractivity contribution in [3.05, 3.63) is 47.9 Å². The summed E-state index contributed by atoms with van der Waals surface area (Å²) in [7, 11) is 3.15. The zero-order valence-electron chi connectivity index (χ0n) is 17.0. The van der Waals surface area contributed by atoms with Crippen LogP contribution in [0.3, 0.4) is 0 Å². The minimum Gasteiger partial charge on any atom is -0.493 e. The lowest BCUT2D eigenvalue weighted by atomic mass is 10.0. The highest BCUT2D eigenvalue weighted by Crippen LogP contribution is 2.28. The minimum absolute atomic E-state index is 0.0779. The molecule has 1 atom stereocenters. The first-order valence-corrected chi connectivity index (χ1v) is 9.25. The molecule has 1 unspecified atom stereocenters. The highest BCUT2D eigenvalue weighted by atomic mass is 16.5. The van der Waals surface area contributed by atoms with E-state index in [9.17, 15) is 9.59 Å². The molecule has 0 aliphatic carbocycles. The number of hydrogen-bond acceptors (Lipinski definition) is 5. The smallest absolute Gasteiger partial charge is 0.287 e. The first-order valence-electron chi connectivity index (χ1n) is 9.25. The van der Waals surface area contributed by atoms with Crippen LogP contribution in [0.4, 0.5) is 0 Å². The monoisotopic (exact) mass is 388 g/mol. The average Bonchev–Trinajstić information content (AvgIpc) is 3.24. The van der Waals surface area contributed by atoms with Crippen LogP contribution < -0.4 is 14.8 Å². The van der Waals surface area contributed by atoms with E-state index in [2.05, 4.69) is 5.32 Å².